The van der Waals surface area contributed by atoms with Crippen molar-refractivity contribution in [3.63, 3.8) is 0 Å². The number of aryl methyl sites for hydroxylation is 1. The number of esters is 1. The third kappa shape index (κ3) is 4.55. The van der Waals surface area contributed by atoms with E-state index in [2.05, 4.69) is 27.0 Å². The molecule has 0 radical (unpaired) electrons. The van der Waals surface area contributed by atoms with Crippen molar-refractivity contribution >= 4 is 5.97 Å². The first-order valence-electron chi connectivity index (χ1n) is 7.39. The quantitative estimate of drug-likeness (QED) is 0.448. The zero-order valence-electron chi connectivity index (χ0n) is 13.0. The molecular formula is C17H21N3O2. The van der Waals surface area contributed by atoms with Crippen LogP contribution in [0.15, 0.2) is 42.7 Å². The SMILES string of the molecule is C/C=C/CCCn1cnc(Cc2ccc(C(=O)OC)cc2)n1. The Hall–Kier alpha value is -2.43. The van der Waals surface area contributed by atoms with Gasteiger partial charge in [0.15, 0.2) is 5.82 Å². The Morgan fingerprint density at radius 1 is 1.32 bits per heavy atom. The summed E-state index contributed by atoms with van der Waals surface area (Å²) < 4.78 is 6.56. The fourth-order valence-electron chi connectivity index (χ4n) is 2.12. The van der Waals surface area contributed by atoms with Crippen LogP contribution in [0.4, 0.5) is 0 Å². The molecule has 116 valence electrons. The van der Waals surface area contributed by atoms with Gasteiger partial charge in [0.1, 0.15) is 6.33 Å². The Morgan fingerprint density at radius 3 is 2.77 bits per heavy atom. The van der Waals surface area contributed by atoms with Gasteiger partial charge in [-0.1, -0.05) is 24.3 Å². The third-order valence-corrected chi connectivity index (χ3v) is 3.31. The summed E-state index contributed by atoms with van der Waals surface area (Å²) in [7, 11) is 1.38. The first kappa shape index (κ1) is 15.9. The highest BCUT2D eigenvalue weighted by atomic mass is 16.5. The van der Waals surface area contributed by atoms with Crippen molar-refractivity contribution in [1.29, 1.82) is 0 Å². The standard InChI is InChI=1S/C17H21N3O2/c1-3-4-5-6-11-20-13-18-16(19-20)12-14-7-9-15(10-8-14)17(21)22-2/h3-4,7-10,13H,5-6,11-12H2,1-2H3/b4-3+. The van der Waals surface area contributed by atoms with E-state index in [4.69, 9.17) is 0 Å². The summed E-state index contributed by atoms with van der Waals surface area (Å²) in [5.74, 6) is 0.465. The second kappa shape index (κ2) is 8.12. The van der Waals surface area contributed by atoms with Crippen LogP contribution in [0.2, 0.25) is 0 Å². The Kier molecular flexibility index (Phi) is 5.89. The molecule has 0 unspecified atom stereocenters. The maximum Gasteiger partial charge on any atom is 0.337 e. The number of hydrogen-bond acceptors (Lipinski definition) is 4. The zero-order chi connectivity index (χ0) is 15.8. The molecule has 0 saturated heterocycles. The molecule has 5 nitrogen and oxygen atoms in total. The highest BCUT2D eigenvalue weighted by molar-refractivity contribution is 5.89. The topological polar surface area (TPSA) is 57.0 Å². The number of allylic oxidation sites excluding steroid dienone is 2. The molecule has 0 spiro atoms. The van der Waals surface area contributed by atoms with Crippen molar-refractivity contribution in [2.24, 2.45) is 0 Å². The van der Waals surface area contributed by atoms with E-state index in [1.54, 1.807) is 18.5 Å². The largest absolute Gasteiger partial charge is 0.465 e. The minimum Gasteiger partial charge on any atom is -0.465 e. The van der Waals surface area contributed by atoms with E-state index in [9.17, 15) is 4.79 Å². The molecule has 1 aromatic carbocycles. The van der Waals surface area contributed by atoms with Gasteiger partial charge in [-0.15, -0.1) is 0 Å². The van der Waals surface area contributed by atoms with Crippen molar-refractivity contribution in [2.45, 2.75) is 32.7 Å². The zero-order valence-corrected chi connectivity index (χ0v) is 13.0. The van der Waals surface area contributed by atoms with Crippen molar-refractivity contribution in [1.82, 2.24) is 14.8 Å². The third-order valence-electron chi connectivity index (χ3n) is 3.31. The van der Waals surface area contributed by atoms with Gasteiger partial charge in [0.2, 0.25) is 0 Å². The second-order valence-corrected chi connectivity index (χ2v) is 5.00. The highest BCUT2D eigenvalue weighted by Crippen LogP contribution is 2.09. The lowest BCUT2D eigenvalue weighted by atomic mass is 10.1. The molecule has 2 aromatic rings. The van der Waals surface area contributed by atoms with Crippen molar-refractivity contribution < 1.29 is 9.53 Å². The van der Waals surface area contributed by atoms with Gasteiger partial charge in [-0.05, 0) is 37.5 Å². The van der Waals surface area contributed by atoms with Crippen molar-refractivity contribution in [3.8, 4) is 0 Å². The Balaban J connectivity index is 1.91. The molecule has 0 aliphatic rings. The number of aromatic nitrogens is 3. The lowest BCUT2D eigenvalue weighted by Crippen LogP contribution is -2.02. The van der Waals surface area contributed by atoms with Gasteiger partial charge >= 0.3 is 5.97 Å². The Morgan fingerprint density at radius 2 is 2.09 bits per heavy atom. The number of unbranched alkanes of at least 4 members (excludes halogenated alkanes) is 1. The summed E-state index contributed by atoms with van der Waals surface area (Å²) in [4.78, 5) is 15.7. The molecule has 0 N–H and O–H groups in total. The molecule has 2 rings (SSSR count). The normalized spacial score (nSPS) is 11.0. The summed E-state index contributed by atoms with van der Waals surface area (Å²) in [6, 6.07) is 7.32. The summed E-state index contributed by atoms with van der Waals surface area (Å²) in [6.45, 7) is 2.90. The van der Waals surface area contributed by atoms with E-state index < -0.39 is 0 Å². The number of ether oxygens (including phenoxy) is 1. The molecule has 0 saturated carbocycles. The minimum atomic E-state index is -0.324. The van der Waals surface area contributed by atoms with Crippen LogP contribution in [0.5, 0.6) is 0 Å². The van der Waals surface area contributed by atoms with Crippen LogP contribution in [-0.2, 0) is 17.7 Å². The van der Waals surface area contributed by atoms with Gasteiger partial charge in [-0.3, -0.25) is 4.68 Å². The van der Waals surface area contributed by atoms with E-state index in [0.717, 1.165) is 30.8 Å². The van der Waals surface area contributed by atoms with Crippen LogP contribution in [0.25, 0.3) is 0 Å². The molecule has 1 aromatic heterocycles. The van der Waals surface area contributed by atoms with E-state index in [-0.39, 0.29) is 5.97 Å². The van der Waals surface area contributed by atoms with Crippen LogP contribution < -0.4 is 0 Å². The van der Waals surface area contributed by atoms with E-state index in [1.807, 2.05) is 23.7 Å². The van der Waals surface area contributed by atoms with Gasteiger partial charge in [-0.25, -0.2) is 9.78 Å². The summed E-state index contributed by atoms with van der Waals surface area (Å²) in [5.41, 5.74) is 1.62. The first-order valence-corrected chi connectivity index (χ1v) is 7.39. The lowest BCUT2D eigenvalue weighted by Gasteiger charge is -2.01. The maximum atomic E-state index is 11.4. The van der Waals surface area contributed by atoms with Crippen LogP contribution in [0.3, 0.4) is 0 Å². The summed E-state index contributed by atoms with van der Waals surface area (Å²) in [6.07, 6.45) is 8.75. The first-order chi connectivity index (χ1) is 10.7. The van der Waals surface area contributed by atoms with Gasteiger partial charge < -0.3 is 4.74 Å². The number of benzene rings is 1. The summed E-state index contributed by atoms with van der Waals surface area (Å²) in [5, 5.41) is 4.47. The van der Waals surface area contributed by atoms with Gasteiger partial charge in [0, 0.05) is 13.0 Å². The molecular weight excluding hydrogens is 278 g/mol. The van der Waals surface area contributed by atoms with Gasteiger partial charge in [0.25, 0.3) is 0 Å². The van der Waals surface area contributed by atoms with Crippen LogP contribution in [0, 0.1) is 0 Å². The number of carbonyl (C=O) groups excluding carboxylic acids is 1. The highest BCUT2D eigenvalue weighted by Gasteiger charge is 2.06. The van der Waals surface area contributed by atoms with Crippen molar-refractivity contribution in [2.75, 3.05) is 7.11 Å². The number of nitrogens with zero attached hydrogens (tertiary/aromatic N) is 3. The molecule has 0 bridgehead atoms. The Bertz CT molecular complexity index is 630. The predicted octanol–water partition coefficient (Wildman–Crippen LogP) is 3.01. The molecule has 0 aliphatic carbocycles. The van der Waals surface area contributed by atoms with E-state index in [1.165, 1.54) is 7.11 Å². The fourth-order valence-corrected chi connectivity index (χ4v) is 2.12. The fraction of sp³-hybridized carbons (Fsp3) is 0.353. The molecule has 1 heterocycles. The number of rotatable bonds is 7. The number of methoxy groups -OCH3 is 1. The molecule has 0 fully saturated rings. The monoisotopic (exact) mass is 299 g/mol. The minimum absolute atomic E-state index is 0.324. The van der Waals surface area contributed by atoms with Crippen molar-refractivity contribution in [3.05, 3.63) is 59.7 Å². The molecule has 0 amide bonds. The van der Waals surface area contributed by atoms with E-state index in [0.29, 0.717) is 12.0 Å². The molecule has 22 heavy (non-hydrogen) atoms. The average molecular weight is 299 g/mol. The van der Waals surface area contributed by atoms with Gasteiger partial charge in [0.05, 0.1) is 12.7 Å². The molecule has 0 atom stereocenters. The van der Waals surface area contributed by atoms with Crippen LogP contribution >= 0.6 is 0 Å². The smallest absolute Gasteiger partial charge is 0.337 e. The summed E-state index contributed by atoms with van der Waals surface area (Å²) >= 11 is 0. The second-order valence-electron chi connectivity index (χ2n) is 5.00. The molecule has 5 heteroatoms. The van der Waals surface area contributed by atoms with Gasteiger partial charge in [-0.2, -0.15) is 5.10 Å². The molecule has 0 aliphatic heterocycles. The van der Waals surface area contributed by atoms with Crippen LogP contribution in [-0.4, -0.2) is 27.8 Å². The maximum absolute atomic E-state index is 11.4. The van der Waals surface area contributed by atoms with E-state index >= 15 is 0 Å². The Labute approximate surface area is 130 Å². The predicted molar refractivity (Wildman–Crippen MR) is 84.7 cm³/mol. The number of carbonyl (C=O) groups is 1. The number of hydrogen-bond donors (Lipinski definition) is 0. The van der Waals surface area contributed by atoms with Crippen LogP contribution in [0.1, 0.15) is 41.5 Å². The lowest BCUT2D eigenvalue weighted by molar-refractivity contribution is 0.0600. The average Bonchev–Trinajstić information content (AvgIpc) is 2.99.